The first kappa shape index (κ1) is 18.2. The Bertz CT molecular complexity index is 763. The van der Waals surface area contributed by atoms with Gasteiger partial charge in [0.05, 0.1) is 11.2 Å². The predicted octanol–water partition coefficient (Wildman–Crippen LogP) is 4.36. The normalized spacial score (nSPS) is 18.4. The summed E-state index contributed by atoms with van der Waals surface area (Å²) in [5, 5.41) is 0.478. The van der Waals surface area contributed by atoms with Crippen molar-refractivity contribution in [2.24, 2.45) is 0 Å². The van der Waals surface area contributed by atoms with Crippen molar-refractivity contribution in [1.29, 1.82) is 0 Å². The standard InChI is InChI=1S/C19H21BClFO3/c1-18(2)19(3,4)25-20(24-18)14-6-5-7-16(11-14)23-12-13-10-15(21)8-9-17(13)22/h5-11H,12H2,1-4H3. The monoisotopic (exact) mass is 362 g/mol. The van der Waals surface area contributed by atoms with Crippen molar-refractivity contribution in [2.75, 3.05) is 0 Å². The molecule has 0 spiro atoms. The summed E-state index contributed by atoms with van der Waals surface area (Å²) in [6, 6.07) is 11.9. The van der Waals surface area contributed by atoms with Crippen molar-refractivity contribution in [3.05, 3.63) is 58.9 Å². The fourth-order valence-corrected chi connectivity index (χ4v) is 2.74. The van der Waals surface area contributed by atoms with Crippen LogP contribution in [0.2, 0.25) is 5.02 Å². The number of hydrogen-bond acceptors (Lipinski definition) is 3. The van der Waals surface area contributed by atoms with Crippen LogP contribution in [0.4, 0.5) is 4.39 Å². The highest BCUT2D eigenvalue weighted by molar-refractivity contribution is 6.62. The molecule has 132 valence electrons. The van der Waals surface area contributed by atoms with Gasteiger partial charge in [0.2, 0.25) is 0 Å². The molecule has 0 unspecified atom stereocenters. The van der Waals surface area contributed by atoms with Crippen LogP contribution >= 0.6 is 11.6 Å². The molecular formula is C19H21BClFO3. The highest BCUT2D eigenvalue weighted by atomic mass is 35.5. The third-order valence-corrected chi connectivity index (χ3v) is 5.02. The Hall–Kier alpha value is -1.56. The SMILES string of the molecule is CC1(C)OB(c2cccc(OCc3cc(Cl)ccc3F)c2)OC1(C)C. The molecule has 0 N–H and O–H groups in total. The lowest BCUT2D eigenvalue weighted by Crippen LogP contribution is -2.41. The van der Waals surface area contributed by atoms with E-state index in [0.29, 0.717) is 16.3 Å². The van der Waals surface area contributed by atoms with Crippen LogP contribution in [0.3, 0.4) is 0 Å². The van der Waals surface area contributed by atoms with Gasteiger partial charge in [-0.15, -0.1) is 0 Å². The third kappa shape index (κ3) is 3.84. The van der Waals surface area contributed by atoms with Gasteiger partial charge in [0, 0.05) is 10.6 Å². The summed E-state index contributed by atoms with van der Waals surface area (Å²) in [5.41, 5.74) is 0.466. The van der Waals surface area contributed by atoms with Gasteiger partial charge in [-0.05, 0) is 63.5 Å². The van der Waals surface area contributed by atoms with E-state index in [2.05, 4.69) is 0 Å². The Morgan fingerprint density at radius 2 is 1.72 bits per heavy atom. The van der Waals surface area contributed by atoms with Crippen molar-refractivity contribution >= 4 is 24.2 Å². The number of benzene rings is 2. The maximum atomic E-state index is 13.8. The van der Waals surface area contributed by atoms with Crippen LogP contribution in [-0.4, -0.2) is 18.3 Å². The van der Waals surface area contributed by atoms with E-state index in [4.69, 9.17) is 25.6 Å². The average Bonchev–Trinajstić information content (AvgIpc) is 2.77. The van der Waals surface area contributed by atoms with E-state index < -0.39 is 18.3 Å². The minimum atomic E-state index is -0.462. The second kappa shape index (κ2) is 6.63. The van der Waals surface area contributed by atoms with Crippen molar-refractivity contribution in [2.45, 2.75) is 45.5 Å². The summed E-state index contributed by atoms with van der Waals surface area (Å²) in [7, 11) is -0.462. The topological polar surface area (TPSA) is 27.7 Å². The summed E-state index contributed by atoms with van der Waals surface area (Å²) < 4.78 is 31.6. The van der Waals surface area contributed by atoms with Crippen molar-refractivity contribution in [3.63, 3.8) is 0 Å². The highest BCUT2D eigenvalue weighted by Crippen LogP contribution is 2.36. The van der Waals surface area contributed by atoms with E-state index in [-0.39, 0.29) is 12.4 Å². The van der Waals surface area contributed by atoms with Gasteiger partial charge in [0.25, 0.3) is 0 Å². The molecule has 1 fully saturated rings. The molecule has 2 aromatic rings. The first-order valence-corrected chi connectivity index (χ1v) is 8.58. The molecule has 0 bridgehead atoms. The molecule has 0 aliphatic carbocycles. The van der Waals surface area contributed by atoms with E-state index in [9.17, 15) is 4.39 Å². The molecule has 6 heteroatoms. The molecule has 0 aromatic heterocycles. The van der Waals surface area contributed by atoms with Crippen LogP contribution in [0.1, 0.15) is 33.3 Å². The van der Waals surface area contributed by atoms with Crippen LogP contribution in [0.15, 0.2) is 42.5 Å². The number of ether oxygens (including phenoxy) is 1. The first-order valence-electron chi connectivity index (χ1n) is 8.20. The largest absolute Gasteiger partial charge is 0.494 e. The maximum Gasteiger partial charge on any atom is 0.494 e. The molecule has 1 saturated heterocycles. The molecule has 3 rings (SSSR count). The summed E-state index contributed by atoms with van der Waals surface area (Å²) in [6.45, 7) is 8.13. The number of halogens is 2. The lowest BCUT2D eigenvalue weighted by molar-refractivity contribution is 0.00578. The van der Waals surface area contributed by atoms with Gasteiger partial charge in [0.15, 0.2) is 0 Å². The zero-order valence-corrected chi connectivity index (χ0v) is 15.6. The van der Waals surface area contributed by atoms with Crippen LogP contribution < -0.4 is 10.2 Å². The van der Waals surface area contributed by atoms with Gasteiger partial charge in [-0.3, -0.25) is 0 Å². The quantitative estimate of drug-likeness (QED) is 0.757. The fraction of sp³-hybridized carbons (Fsp3) is 0.368. The van der Waals surface area contributed by atoms with Gasteiger partial charge in [-0.25, -0.2) is 4.39 Å². The van der Waals surface area contributed by atoms with Gasteiger partial charge < -0.3 is 14.0 Å². The molecule has 2 aromatic carbocycles. The fourth-order valence-electron chi connectivity index (χ4n) is 2.55. The van der Waals surface area contributed by atoms with E-state index in [1.54, 1.807) is 6.07 Å². The van der Waals surface area contributed by atoms with Gasteiger partial charge >= 0.3 is 7.12 Å². The van der Waals surface area contributed by atoms with Crippen LogP contribution in [-0.2, 0) is 15.9 Å². The minimum Gasteiger partial charge on any atom is -0.489 e. The molecule has 0 saturated carbocycles. The molecule has 0 radical (unpaired) electrons. The Kier molecular flexibility index (Phi) is 4.84. The Morgan fingerprint density at radius 3 is 2.40 bits per heavy atom. The Balaban J connectivity index is 1.73. The van der Waals surface area contributed by atoms with Crippen molar-refractivity contribution in [3.8, 4) is 5.75 Å². The van der Waals surface area contributed by atoms with Crippen molar-refractivity contribution < 1.29 is 18.4 Å². The lowest BCUT2D eigenvalue weighted by Gasteiger charge is -2.32. The van der Waals surface area contributed by atoms with Gasteiger partial charge in [0.1, 0.15) is 18.2 Å². The summed E-state index contributed by atoms with van der Waals surface area (Å²) >= 11 is 5.91. The molecule has 1 aliphatic heterocycles. The second-order valence-corrected chi connectivity index (χ2v) is 7.62. The van der Waals surface area contributed by atoms with Crippen LogP contribution in [0.5, 0.6) is 5.75 Å². The molecule has 1 heterocycles. The molecule has 0 amide bonds. The van der Waals surface area contributed by atoms with E-state index in [0.717, 1.165) is 5.46 Å². The summed E-state index contributed by atoms with van der Waals surface area (Å²) in [4.78, 5) is 0. The third-order valence-electron chi connectivity index (χ3n) is 4.79. The van der Waals surface area contributed by atoms with E-state index in [1.165, 1.54) is 12.1 Å². The molecule has 1 aliphatic rings. The number of rotatable bonds is 4. The summed E-state index contributed by atoms with van der Waals surface area (Å²) in [6.07, 6.45) is 0. The zero-order valence-electron chi connectivity index (χ0n) is 14.8. The van der Waals surface area contributed by atoms with Crippen LogP contribution in [0.25, 0.3) is 0 Å². The predicted molar refractivity (Wildman–Crippen MR) is 97.9 cm³/mol. The summed E-state index contributed by atoms with van der Waals surface area (Å²) in [5.74, 6) is 0.276. The number of hydrogen-bond donors (Lipinski definition) is 0. The lowest BCUT2D eigenvalue weighted by atomic mass is 9.79. The maximum absolute atomic E-state index is 13.8. The smallest absolute Gasteiger partial charge is 0.489 e. The Labute approximate surface area is 153 Å². The average molecular weight is 363 g/mol. The first-order chi connectivity index (χ1) is 11.7. The molecule has 0 atom stereocenters. The molecule has 3 nitrogen and oxygen atoms in total. The minimum absolute atomic E-state index is 0.0964. The van der Waals surface area contributed by atoms with Crippen molar-refractivity contribution in [1.82, 2.24) is 0 Å². The van der Waals surface area contributed by atoms with E-state index in [1.807, 2.05) is 52.0 Å². The molecular weight excluding hydrogens is 341 g/mol. The second-order valence-electron chi connectivity index (χ2n) is 7.19. The molecule has 25 heavy (non-hydrogen) atoms. The van der Waals surface area contributed by atoms with E-state index >= 15 is 0 Å². The van der Waals surface area contributed by atoms with Crippen LogP contribution in [0, 0.1) is 5.82 Å². The highest BCUT2D eigenvalue weighted by Gasteiger charge is 2.51. The van der Waals surface area contributed by atoms with Gasteiger partial charge in [-0.2, -0.15) is 0 Å². The Morgan fingerprint density at radius 1 is 1.04 bits per heavy atom. The van der Waals surface area contributed by atoms with Gasteiger partial charge in [-0.1, -0.05) is 23.7 Å². The zero-order chi connectivity index (χ0) is 18.2.